The maximum Gasteiger partial charge on any atom is 0.329 e. The van der Waals surface area contributed by atoms with Crippen molar-refractivity contribution in [1.29, 1.82) is 0 Å². The fraction of sp³-hybridized carbons (Fsp3) is 0.316. The molecule has 0 aliphatic rings. The number of hydrogen-bond donors (Lipinski definition) is 2. The molecular weight excluding hydrogens is 350 g/mol. The van der Waals surface area contributed by atoms with Crippen LogP contribution in [0.4, 0.5) is 0 Å². The third kappa shape index (κ3) is 3.35. The van der Waals surface area contributed by atoms with E-state index in [9.17, 15) is 14.4 Å². The molecule has 3 rings (SSSR count). The molecule has 1 amide bonds. The van der Waals surface area contributed by atoms with Crippen LogP contribution in [0.5, 0.6) is 0 Å². The smallest absolute Gasteiger partial charge is 0.329 e. The molecule has 6 nitrogen and oxygen atoms in total. The van der Waals surface area contributed by atoms with Gasteiger partial charge in [0.05, 0.1) is 5.39 Å². The Bertz CT molecular complexity index is 1080. The van der Waals surface area contributed by atoms with Gasteiger partial charge in [-0.05, 0) is 16.5 Å². The minimum Gasteiger partial charge on any atom is -0.370 e. The number of benzene rings is 1. The van der Waals surface area contributed by atoms with E-state index >= 15 is 0 Å². The van der Waals surface area contributed by atoms with Crippen molar-refractivity contribution in [2.45, 2.75) is 39.2 Å². The molecule has 0 saturated carbocycles. The Labute approximate surface area is 154 Å². The lowest BCUT2D eigenvalue weighted by Gasteiger charge is -2.19. The van der Waals surface area contributed by atoms with E-state index in [1.54, 1.807) is 0 Å². The first kappa shape index (κ1) is 18.1. The van der Waals surface area contributed by atoms with Gasteiger partial charge in [-0.3, -0.25) is 19.1 Å². The van der Waals surface area contributed by atoms with Crippen LogP contribution in [0.25, 0.3) is 21.3 Å². The summed E-state index contributed by atoms with van der Waals surface area (Å²) >= 11 is 1.32. The average Bonchev–Trinajstić information content (AvgIpc) is 2.97. The normalized spacial score (nSPS) is 11.8. The van der Waals surface area contributed by atoms with E-state index in [-0.39, 0.29) is 18.4 Å². The molecule has 7 heteroatoms. The maximum absolute atomic E-state index is 12.8. The van der Waals surface area contributed by atoms with Crippen molar-refractivity contribution in [3.63, 3.8) is 0 Å². The van der Waals surface area contributed by atoms with Crippen molar-refractivity contribution in [2.24, 2.45) is 5.73 Å². The number of aromatic amines is 1. The summed E-state index contributed by atoms with van der Waals surface area (Å²) in [4.78, 5) is 39.2. The molecule has 0 fully saturated rings. The largest absolute Gasteiger partial charge is 0.370 e. The van der Waals surface area contributed by atoms with Crippen LogP contribution in [0.1, 0.15) is 32.8 Å². The predicted molar refractivity (Wildman–Crippen MR) is 105 cm³/mol. The van der Waals surface area contributed by atoms with Gasteiger partial charge in [-0.1, -0.05) is 45.0 Å². The SMILES string of the molecule is CC(C)(C)c1ccc(-c2csc3[nH]c(=O)n(CCC(N)=O)c(=O)c23)cc1. The van der Waals surface area contributed by atoms with E-state index in [4.69, 9.17) is 5.73 Å². The number of carbonyl (C=O) groups is 1. The van der Waals surface area contributed by atoms with Gasteiger partial charge >= 0.3 is 5.69 Å². The summed E-state index contributed by atoms with van der Waals surface area (Å²) in [6, 6.07) is 8.08. The third-order valence-corrected chi connectivity index (χ3v) is 5.25. The van der Waals surface area contributed by atoms with Crippen molar-refractivity contribution in [3.8, 4) is 11.1 Å². The number of aromatic nitrogens is 2. The number of amides is 1. The molecule has 26 heavy (non-hydrogen) atoms. The van der Waals surface area contributed by atoms with Gasteiger partial charge in [0.2, 0.25) is 5.91 Å². The summed E-state index contributed by atoms with van der Waals surface area (Å²) in [6.45, 7) is 6.40. The zero-order valence-electron chi connectivity index (χ0n) is 15.0. The second-order valence-corrected chi connectivity index (χ2v) is 8.16. The van der Waals surface area contributed by atoms with E-state index in [1.807, 2.05) is 17.5 Å². The van der Waals surface area contributed by atoms with Gasteiger partial charge in [-0.15, -0.1) is 11.3 Å². The van der Waals surface area contributed by atoms with E-state index in [0.717, 1.165) is 15.7 Å². The van der Waals surface area contributed by atoms with Crippen LogP contribution in [-0.4, -0.2) is 15.5 Å². The zero-order chi connectivity index (χ0) is 19.1. The van der Waals surface area contributed by atoms with Crippen molar-refractivity contribution >= 4 is 27.5 Å². The molecule has 2 heterocycles. The Morgan fingerprint density at radius 1 is 1.19 bits per heavy atom. The number of H-pyrrole nitrogens is 1. The zero-order valence-corrected chi connectivity index (χ0v) is 15.8. The molecule has 136 valence electrons. The first-order chi connectivity index (χ1) is 12.2. The number of hydrogen-bond acceptors (Lipinski definition) is 4. The summed E-state index contributed by atoms with van der Waals surface area (Å²) in [5, 5.41) is 2.33. The van der Waals surface area contributed by atoms with E-state index in [1.165, 1.54) is 16.9 Å². The Kier molecular flexibility index (Phi) is 4.58. The van der Waals surface area contributed by atoms with E-state index in [2.05, 4.69) is 37.9 Å². The number of nitrogens with two attached hydrogens (primary N) is 1. The van der Waals surface area contributed by atoms with E-state index < -0.39 is 17.2 Å². The minimum atomic E-state index is -0.556. The second-order valence-electron chi connectivity index (χ2n) is 7.28. The quantitative estimate of drug-likeness (QED) is 0.737. The summed E-state index contributed by atoms with van der Waals surface area (Å²) in [5.74, 6) is -0.556. The lowest BCUT2D eigenvalue weighted by atomic mass is 9.86. The highest BCUT2D eigenvalue weighted by Gasteiger charge is 2.17. The maximum atomic E-state index is 12.8. The molecule has 3 aromatic rings. The van der Waals surface area contributed by atoms with Gasteiger partial charge in [0.15, 0.2) is 0 Å². The molecule has 0 saturated heterocycles. The van der Waals surface area contributed by atoms with Crippen LogP contribution >= 0.6 is 11.3 Å². The number of nitrogens with one attached hydrogen (secondary N) is 1. The lowest BCUT2D eigenvalue weighted by molar-refractivity contribution is -0.118. The van der Waals surface area contributed by atoms with Gasteiger partial charge in [-0.2, -0.15) is 0 Å². The van der Waals surface area contributed by atoms with Crippen LogP contribution in [0, 0.1) is 0 Å². The number of nitrogens with zero attached hydrogens (tertiary/aromatic N) is 1. The van der Waals surface area contributed by atoms with Crippen LogP contribution in [0.3, 0.4) is 0 Å². The number of rotatable bonds is 4. The first-order valence-electron chi connectivity index (χ1n) is 8.32. The van der Waals surface area contributed by atoms with Crippen molar-refractivity contribution < 1.29 is 4.79 Å². The Morgan fingerprint density at radius 3 is 2.42 bits per heavy atom. The molecule has 0 bridgehead atoms. The first-order valence-corrected chi connectivity index (χ1v) is 9.20. The van der Waals surface area contributed by atoms with Crippen LogP contribution in [0.15, 0.2) is 39.2 Å². The third-order valence-electron chi connectivity index (χ3n) is 4.36. The van der Waals surface area contributed by atoms with Gasteiger partial charge < -0.3 is 5.73 Å². The number of carbonyl (C=O) groups excluding carboxylic acids is 1. The average molecular weight is 371 g/mol. The lowest BCUT2D eigenvalue weighted by Crippen LogP contribution is -2.36. The Balaban J connectivity index is 2.13. The molecule has 3 N–H and O–H groups in total. The van der Waals surface area contributed by atoms with Gasteiger partial charge in [-0.25, -0.2) is 4.79 Å². The Morgan fingerprint density at radius 2 is 1.85 bits per heavy atom. The fourth-order valence-electron chi connectivity index (χ4n) is 2.84. The highest BCUT2D eigenvalue weighted by Crippen LogP contribution is 2.32. The van der Waals surface area contributed by atoms with Gasteiger partial charge in [0.25, 0.3) is 5.56 Å². The molecule has 0 aliphatic carbocycles. The molecule has 1 aromatic carbocycles. The van der Waals surface area contributed by atoms with Gasteiger partial charge in [0.1, 0.15) is 4.83 Å². The summed E-state index contributed by atoms with van der Waals surface area (Å²) < 4.78 is 1.03. The van der Waals surface area contributed by atoms with Crippen LogP contribution < -0.4 is 17.0 Å². The molecule has 0 spiro atoms. The summed E-state index contributed by atoms with van der Waals surface area (Å²) in [5.41, 5.74) is 7.14. The molecule has 0 aliphatic heterocycles. The standard InChI is InChI=1S/C19H21N3O3S/c1-19(2,3)12-6-4-11(5-7-12)13-10-26-16-15(13)17(24)22(18(25)21-16)9-8-14(20)23/h4-7,10H,8-9H2,1-3H3,(H2,20,23)(H,21,25). The number of thiophene rings is 1. The predicted octanol–water partition coefficient (Wildman–Crippen LogP) is 2.59. The molecule has 0 atom stereocenters. The highest BCUT2D eigenvalue weighted by molar-refractivity contribution is 7.17. The van der Waals surface area contributed by atoms with Crippen molar-refractivity contribution in [2.75, 3.05) is 0 Å². The monoisotopic (exact) mass is 371 g/mol. The van der Waals surface area contributed by atoms with Gasteiger partial charge in [0, 0.05) is 23.9 Å². The molecular formula is C19H21N3O3S. The van der Waals surface area contributed by atoms with E-state index in [0.29, 0.717) is 10.2 Å². The highest BCUT2D eigenvalue weighted by atomic mass is 32.1. The van der Waals surface area contributed by atoms with Crippen molar-refractivity contribution in [1.82, 2.24) is 9.55 Å². The van der Waals surface area contributed by atoms with Crippen molar-refractivity contribution in [3.05, 3.63) is 56.0 Å². The number of primary amides is 1. The molecule has 0 unspecified atom stereocenters. The number of fused-ring (bicyclic) bond motifs is 1. The topological polar surface area (TPSA) is 97.9 Å². The molecule has 0 radical (unpaired) electrons. The van der Waals surface area contributed by atoms with Crippen LogP contribution in [-0.2, 0) is 16.8 Å². The minimum absolute atomic E-state index is 0.0301. The fourth-order valence-corrected chi connectivity index (χ4v) is 3.79. The molecule has 2 aromatic heterocycles. The summed E-state index contributed by atoms with van der Waals surface area (Å²) in [6.07, 6.45) is -0.0613. The summed E-state index contributed by atoms with van der Waals surface area (Å²) in [7, 11) is 0. The Hall–Kier alpha value is -2.67. The van der Waals surface area contributed by atoms with Crippen LogP contribution in [0.2, 0.25) is 0 Å². The second kappa shape index (κ2) is 6.57.